The summed E-state index contributed by atoms with van der Waals surface area (Å²) in [7, 11) is 0. The van der Waals surface area contributed by atoms with Crippen LogP contribution in [0.1, 0.15) is 18.1 Å². The molecular formula is C13H20IN3. The highest BCUT2D eigenvalue weighted by molar-refractivity contribution is 14.0. The number of aliphatic imine (C=N–C) groups is 1. The fourth-order valence-electron chi connectivity index (χ4n) is 1.26. The van der Waals surface area contributed by atoms with Crippen molar-refractivity contribution in [1.29, 1.82) is 0 Å². The predicted molar refractivity (Wildman–Crippen MR) is 84.7 cm³/mol. The number of hydrogen-bond acceptors (Lipinski definition) is 1. The third-order valence-corrected chi connectivity index (χ3v) is 2.25. The molecule has 0 aliphatic rings. The van der Waals surface area contributed by atoms with Crippen molar-refractivity contribution in [2.45, 2.75) is 20.4 Å². The van der Waals surface area contributed by atoms with Crippen molar-refractivity contribution >= 4 is 29.9 Å². The number of nitrogens with zero attached hydrogens (tertiary/aromatic N) is 1. The second-order valence-electron chi connectivity index (χ2n) is 3.94. The Kier molecular flexibility index (Phi) is 7.61. The van der Waals surface area contributed by atoms with Crippen LogP contribution in [-0.2, 0) is 6.54 Å². The van der Waals surface area contributed by atoms with Gasteiger partial charge in [-0.05, 0) is 25.0 Å². The molecule has 0 heterocycles. The number of benzene rings is 1. The van der Waals surface area contributed by atoms with Crippen LogP contribution in [0.4, 0.5) is 0 Å². The molecule has 0 saturated heterocycles. The second kappa shape index (κ2) is 8.11. The van der Waals surface area contributed by atoms with Crippen LogP contribution in [0.2, 0.25) is 0 Å². The molecule has 0 atom stereocenters. The monoisotopic (exact) mass is 345 g/mol. The van der Waals surface area contributed by atoms with Gasteiger partial charge in [-0.25, -0.2) is 4.99 Å². The van der Waals surface area contributed by atoms with Crippen molar-refractivity contribution in [3.8, 4) is 0 Å². The molecule has 1 aromatic carbocycles. The molecule has 0 amide bonds. The Morgan fingerprint density at radius 3 is 2.65 bits per heavy atom. The number of guanidine groups is 1. The number of rotatable bonds is 4. The van der Waals surface area contributed by atoms with E-state index in [0.717, 1.165) is 5.57 Å². The van der Waals surface area contributed by atoms with Gasteiger partial charge in [-0.1, -0.05) is 36.4 Å². The number of nitrogens with two attached hydrogens (primary N) is 1. The summed E-state index contributed by atoms with van der Waals surface area (Å²) in [5, 5.41) is 3.00. The van der Waals surface area contributed by atoms with E-state index >= 15 is 0 Å². The van der Waals surface area contributed by atoms with Gasteiger partial charge in [0.25, 0.3) is 0 Å². The Bertz CT molecular complexity index is 399. The lowest BCUT2D eigenvalue weighted by atomic mass is 10.1. The van der Waals surface area contributed by atoms with E-state index in [-0.39, 0.29) is 24.0 Å². The normalized spacial score (nSPS) is 10.6. The minimum atomic E-state index is 0. The molecule has 0 radical (unpaired) electrons. The van der Waals surface area contributed by atoms with Gasteiger partial charge in [-0.15, -0.1) is 24.0 Å². The Balaban J connectivity index is 0.00000256. The fourth-order valence-corrected chi connectivity index (χ4v) is 1.26. The first-order valence-corrected chi connectivity index (χ1v) is 5.32. The van der Waals surface area contributed by atoms with Crippen molar-refractivity contribution in [2.24, 2.45) is 10.7 Å². The van der Waals surface area contributed by atoms with Gasteiger partial charge in [0.1, 0.15) is 0 Å². The maximum absolute atomic E-state index is 5.72. The molecule has 0 bridgehead atoms. The Morgan fingerprint density at radius 1 is 1.41 bits per heavy atom. The number of nitrogens with one attached hydrogen (secondary N) is 1. The average Bonchev–Trinajstić information content (AvgIpc) is 2.25. The maximum atomic E-state index is 5.72. The second-order valence-corrected chi connectivity index (χ2v) is 3.94. The SMILES string of the molecule is C=C(C)CNC(N)=NCc1ccccc1C.I. The fraction of sp³-hybridized carbons (Fsp3) is 0.308. The molecular weight excluding hydrogens is 325 g/mol. The largest absolute Gasteiger partial charge is 0.370 e. The van der Waals surface area contributed by atoms with Crippen LogP contribution in [0.3, 0.4) is 0 Å². The lowest BCUT2D eigenvalue weighted by Crippen LogP contribution is -2.32. The van der Waals surface area contributed by atoms with Crippen LogP contribution in [0.15, 0.2) is 41.4 Å². The summed E-state index contributed by atoms with van der Waals surface area (Å²) in [5.74, 6) is 0.464. The molecule has 0 fully saturated rings. The molecule has 0 saturated carbocycles. The van der Waals surface area contributed by atoms with Gasteiger partial charge in [-0.3, -0.25) is 0 Å². The maximum Gasteiger partial charge on any atom is 0.189 e. The average molecular weight is 345 g/mol. The zero-order chi connectivity index (χ0) is 12.0. The summed E-state index contributed by atoms with van der Waals surface area (Å²) in [4.78, 5) is 4.27. The summed E-state index contributed by atoms with van der Waals surface area (Å²) >= 11 is 0. The minimum absolute atomic E-state index is 0. The third kappa shape index (κ3) is 6.31. The van der Waals surface area contributed by atoms with E-state index in [2.05, 4.69) is 35.9 Å². The number of aryl methyl sites for hydroxylation is 1. The molecule has 94 valence electrons. The Labute approximate surface area is 120 Å². The van der Waals surface area contributed by atoms with E-state index < -0.39 is 0 Å². The lowest BCUT2D eigenvalue weighted by Gasteiger charge is -2.06. The molecule has 17 heavy (non-hydrogen) atoms. The number of halogens is 1. The molecule has 0 spiro atoms. The van der Waals surface area contributed by atoms with Gasteiger partial charge >= 0.3 is 0 Å². The first-order chi connectivity index (χ1) is 7.59. The standard InChI is InChI=1S/C13H19N3.HI/c1-10(2)8-15-13(14)16-9-12-7-5-4-6-11(12)3;/h4-7H,1,8-9H2,2-3H3,(H3,14,15,16);1H. The van der Waals surface area contributed by atoms with Crippen molar-refractivity contribution < 1.29 is 0 Å². The summed E-state index contributed by atoms with van der Waals surface area (Å²) in [6.07, 6.45) is 0. The molecule has 0 unspecified atom stereocenters. The van der Waals surface area contributed by atoms with E-state index in [1.807, 2.05) is 19.1 Å². The van der Waals surface area contributed by atoms with Gasteiger partial charge in [0, 0.05) is 6.54 Å². The van der Waals surface area contributed by atoms with Crippen LogP contribution in [-0.4, -0.2) is 12.5 Å². The first-order valence-electron chi connectivity index (χ1n) is 5.32. The highest BCUT2D eigenvalue weighted by Crippen LogP contribution is 2.07. The van der Waals surface area contributed by atoms with Crippen molar-refractivity contribution in [2.75, 3.05) is 6.54 Å². The van der Waals surface area contributed by atoms with Crippen LogP contribution in [0.5, 0.6) is 0 Å². The van der Waals surface area contributed by atoms with E-state index in [9.17, 15) is 0 Å². The quantitative estimate of drug-likeness (QED) is 0.381. The topological polar surface area (TPSA) is 50.4 Å². The Hall–Kier alpha value is -1.04. The van der Waals surface area contributed by atoms with Gasteiger partial charge in [0.15, 0.2) is 5.96 Å². The van der Waals surface area contributed by atoms with Crippen LogP contribution < -0.4 is 11.1 Å². The summed E-state index contributed by atoms with van der Waals surface area (Å²) in [6.45, 7) is 9.09. The molecule has 0 aromatic heterocycles. The van der Waals surface area contributed by atoms with Crippen LogP contribution >= 0.6 is 24.0 Å². The van der Waals surface area contributed by atoms with Gasteiger partial charge < -0.3 is 11.1 Å². The smallest absolute Gasteiger partial charge is 0.189 e. The lowest BCUT2D eigenvalue weighted by molar-refractivity contribution is 0.937. The molecule has 3 N–H and O–H groups in total. The summed E-state index contributed by atoms with van der Waals surface area (Å²) < 4.78 is 0. The third-order valence-electron chi connectivity index (χ3n) is 2.25. The van der Waals surface area contributed by atoms with Crippen molar-refractivity contribution in [1.82, 2.24) is 5.32 Å². The molecule has 0 aliphatic carbocycles. The summed E-state index contributed by atoms with van der Waals surface area (Å²) in [6, 6.07) is 8.16. The van der Waals surface area contributed by atoms with Crippen molar-refractivity contribution in [3.05, 3.63) is 47.5 Å². The molecule has 1 aromatic rings. The van der Waals surface area contributed by atoms with E-state index in [1.54, 1.807) is 0 Å². The number of hydrogen-bond donors (Lipinski definition) is 2. The highest BCUT2D eigenvalue weighted by atomic mass is 127. The van der Waals surface area contributed by atoms with Gasteiger partial charge in [0.2, 0.25) is 0 Å². The van der Waals surface area contributed by atoms with E-state index in [0.29, 0.717) is 19.0 Å². The van der Waals surface area contributed by atoms with Crippen molar-refractivity contribution in [3.63, 3.8) is 0 Å². The highest BCUT2D eigenvalue weighted by Gasteiger charge is 1.96. The molecule has 1 rings (SSSR count). The predicted octanol–water partition coefficient (Wildman–Crippen LogP) is 2.59. The molecule has 0 aliphatic heterocycles. The van der Waals surface area contributed by atoms with Crippen LogP contribution in [0.25, 0.3) is 0 Å². The van der Waals surface area contributed by atoms with Gasteiger partial charge in [-0.2, -0.15) is 0 Å². The van der Waals surface area contributed by atoms with Gasteiger partial charge in [0.05, 0.1) is 6.54 Å². The molecule has 3 nitrogen and oxygen atoms in total. The van der Waals surface area contributed by atoms with E-state index in [4.69, 9.17) is 5.73 Å². The summed E-state index contributed by atoms with van der Waals surface area (Å²) in [5.41, 5.74) is 9.19. The minimum Gasteiger partial charge on any atom is -0.370 e. The zero-order valence-electron chi connectivity index (χ0n) is 10.4. The Morgan fingerprint density at radius 2 is 2.06 bits per heavy atom. The van der Waals surface area contributed by atoms with Crippen LogP contribution in [0, 0.1) is 6.92 Å². The zero-order valence-corrected chi connectivity index (χ0v) is 12.7. The van der Waals surface area contributed by atoms with E-state index in [1.165, 1.54) is 11.1 Å². The first kappa shape index (κ1) is 16.0. The molecule has 4 heteroatoms.